The van der Waals surface area contributed by atoms with Gasteiger partial charge in [-0.1, -0.05) is 6.92 Å². The van der Waals surface area contributed by atoms with Crippen LogP contribution in [0.5, 0.6) is 0 Å². The SMILES string of the molecule is CCc1cc2c(=O)n(CC(=O)Nc3ccc(C(=O)OC)cc3)c(=S)[nH]c2s1. The number of hydrogen-bond donors (Lipinski definition) is 2. The summed E-state index contributed by atoms with van der Waals surface area (Å²) in [6.45, 7) is 1.80. The molecule has 7 nitrogen and oxygen atoms in total. The number of anilines is 1. The number of rotatable bonds is 5. The molecule has 27 heavy (non-hydrogen) atoms. The van der Waals surface area contributed by atoms with Gasteiger partial charge in [-0.05, 0) is 49.0 Å². The summed E-state index contributed by atoms with van der Waals surface area (Å²) in [5.74, 6) is -0.853. The zero-order valence-electron chi connectivity index (χ0n) is 14.7. The standard InChI is InChI=1S/C18H17N3O4S2/c1-3-12-8-13-15(27-12)20-18(26)21(16(13)23)9-14(22)19-11-6-4-10(5-7-11)17(24)25-2/h4-8H,3,9H2,1-2H3,(H,19,22)(H,20,26). The molecule has 0 radical (unpaired) electrons. The van der Waals surface area contributed by atoms with Gasteiger partial charge in [-0.2, -0.15) is 0 Å². The van der Waals surface area contributed by atoms with Crippen LogP contribution in [0, 0.1) is 4.77 Å². The van der Waals surface area contributed by atoms with E-state index in [9.17, 15) is 14.4 Å². The first-order chi connectivity index (χ1) is 12.9. The van der Waals surface area contributed by atoms with E-state index in [4.69, 9.17) is 12.2 Å². The lowest BCUT2D eigenvalue weighted by Gasteiger charge is -2.08. The minimum atomic E-state index is -0.457. The van der Waals surface area contributed by atoms with E-state index in [0.717, 1.165) is 16.1 Å². The fourth-order valence-corrected chi connectivity index (χ4v) is 3.87. The van der Waals surface area contributed by atoms with E-state index < -0.39 is 11.9 Å². The van der Waals surface area contributed by atoms with Crippen molar-refractivity contribution in [2.45, 2.75) is 19.9 Å². The number of nitrogens with one attached hydrogen (secondary N) is 2. The van der Waals surface area contributed by atoms with Crippen molar-refractivity contribution in [1.29, 1.82) is 0 Å². The van der Waals surface area contributed by atoms with Crippen molar-refractivity contribution in [1.82, 2.24) is 9.55 Å². The zero-order chi connectivity index (χ0) is 19.6. The van der Waals surface area contributed by atoms with Crippen molar-refractivity contribution in [3.63, 3.8) is 0 Å². The number of methoxy groups -OCH3 is 1. The molecule has 2 heterocycles. The van der Waals surface area contributed by atoms with Crippen LogP contribution in [0.1, 0.15) is 22.2 Å². The highest BCUT2D eigenvalue weighted by Crippen LogP contribution is 2.21. The maximum atomic E-state index is 12.7. The summed E-state index contributed by atoms with van der Waals surface area (Å²) in [4.78, 5) is 41.2. The van der Waals surface area contributed by atoms with Gasteiger partial charge in [0.05, 0.1) is 18.1 Å². The summed E-state index contributed by atoms with van der Waals surface area (Å²) in [7, 11) is 1.30. The lowest BCUT2D eigenvalue weighted by Crippen LogP contribution is -2.28. The number of thiophene rings is 1. The van der Waals surface area contributed by atoms with Gasteiger partial charge in [-0.15, -0.1) is 11.3 Å². The van der Waals surface area contributed by atoms with Gasteiger partial charge in [0.2, 0.25) is 5.91 Å². The number of carbonyl (C=O) groups is 2. The average molecular weight is 403 g/mol. The van der Waals surface area contributed by atoms with Gasteiger partial charge in [0.25, 0.3) is 5.56 Å². The van der Waals surface area contributed by atoms with Crippen LogP contribution in [0.3, 0.4) is 0 Å². The van der Waals surface area contributed by atoms with E-state index in [1.807, 2.05) is 13.0 Å². The van der Waals surface area contributed by atoms with Gasteiger partial charge in [-0.3, -0.25) is 14.2 Å². The number of nitrogens with zero attached hydrogens (tertiary/aromatic N) is 1. The third-order valence-electron chi connectivity index (χ3n) is 3.96. The lowest BCUT2D eigenvalue weighted by atomic mass is 10.2. The van der Waals surface area contributed by atoms with Crippen molar-refractivity contribution < 1.29 is 14.3 Å². The molecule has 0 unspecified atom stereocenters. The largest absolute Gasteiger partial charge is 0.465 e. The Kier molecular flexibility index (Phi) is 5.52. The monoisotopic (exact) mass is 403 g/mol. The minimum absolute atomic E-state index is 0.202. The van der Waals surface area contributed by atoms with Crippen LogP contribution in [0.4, 0.5) is 5.69 Å². The summed E-state index contributed by atoms with van der Waals surface area (Å²) in [6.07, 6.45) is 0.821. The van der Waals surface area contributed by atoms with Crippen LogP contribution < -0.4 is 10.9 Å². The molecule has 2 N–H and O–H groups in total. The molecule has 0 saturated carbocycles. The first kappa shape index (κ1) is 19.0. The Morgan fingerprint density at radius 1 is 1.30 bits per heavy atom. The van der Waals surface area contributed by atoms with Crippen LogP contribution in [0.15, 0.2) is 35.1 Å². The fourth-order valence-electron chi connectivity index (χ4n) is 2.57. The molecule has 1 amide bonds. The smallest absolute Gasteiger partial charge is 0.337 e. The highest BCUT2D eigenvalue weighted by molar-refractivity contribution is 7.71. The Hall–Kier alpha value is -2.78. The first-order valence-electron chi connectivity index (χ1n) is 8.16. The highest BCUT2D eigenvalue weighted by atomic mass is 32.1. The molecule has 0 aliphatic rings. The molecule has 0 aliphatic carbocycles. The number of esters is 1. The summed E-state index contributed by atoms with van der Waals surface area (Å²) in [5.41, 5.74) is 0.588. The molecular weight excluding hydrogens is 386 g/mol. The number of amides is 1. The Labute approximate surface area is 163 Å². The molecule has 140 valence electrons. The number of H-pyrrole nitrogens is 1. The Morgan fingerprint density at radius 2 is 2.00 bits per heavy atom. The second kappa shape index (κ2) is 7.85. The number of aryl methyl sites for hydroxylation is 1. The molecule has 0 spiro atoms. The maximum Gasteiger partial charge on any atom is 0.337 e. The highest BCUT2D eigenvalue weighted by Gasteiger charge is 2.13. The van der Waals surface area contributed by atoms with Gasteiger partial charge in [0.1, 0.15) is 11.4 Å². The zero-order valence-corrected chi connectivity index (χ0v) is 16.3. The van der Waals surface area contributed by atoms with Gasteiger partial charge >= 0.3 is 5.97 Å². The summed E-state index contributed by atoms with van der Waals surface area (Å²) < 4.78 is 6.07. The second-order valence-electron chi connectivity index (χ2n) is 5.75. The van der Waals surface area contributed by atoms with Crippen LogP contribution in [0.25, 0.3) is 10.2 Å². The molecule has 9 heteroatoms. The van der Waals surface area contributed by atoms with E-state index in [-0.39, 0.29) is 16.9 Å². The molecule has 0 saturated heterocycles. The Balaban J connectivity index is 1.80. The van der Waals surface area contributed by atoms with E-state index >= 15 is 0 Å². The number of carbonyl (C=O) groups excluding carboxylic acids is 2. The van der Waals surface area contributed by atoms with E-state index in [1.54, 1.807) is 24.3 Å². The number of aromatic nitrogens is 2. The van der Waals surface area contributed by atoms with E-state index in [1.165, 1.54) is 23.0 Å². The van der Waals surface area contributed by atoms with Crippen LogP contribution in [-0.2, 0) is 22.5 Å². The molecule has 0 aliphatic heterocycles. The van der Waals surface area contributed by atoms with Gasteiger partial charge < -0.3 is 15.0 Å². The average Bonchev–Trinajstić information content (AvgIpc) is 3.08. The predicted octanol–water partition coefficient (Wildman–Crippen LogP) is 3.11. The number of fused-ring (bicyclic) bond motifs is 1. The molecule has 0 bridgehead atoms. The molecule has 0 fully saturated rings. The Morgan fingerprint density at radius 3 is 2.63 bits per heavy atom. The molecule has 3 rings (SSSR count). The molecular formula is C18H17N3O4S2. The van der Waals surface area contributed by atoms with Crippen LogP contribution >= 0.6 is 23.6 Å². The van der Waals surface area contributed by atoms with E-state index in [0.29, 0.717) is 16.6 Å². The maximum absolute atomic E-state index is 12.7. The fraction of sp³-hybridized carbons (Fsp3) is 0.222. The topological polar surface area (TPSA) is 93.2 Å². The normalized spacial score (nSPS) is 10.7. The van der Waals surface area contributed by atoms with Gasteiger partial charge in [-0.25, -0.2) is 4.79 Å². The third-order valence-corrected chi connectivity index (χ3v) is 5.48. The molecule has 0 atom stereocenters. The van der Waals surface area contributed by atoms with Crippen LogP contribution in [-0.4, -0.2) is 28.5 Å². The van der Waals surface area contributed by atoms with Crippen molar-refractivity contribution in [2.75, 3.05) is 12.4 Å². The van der Waals surface area contributed by atoms with Gasteiger partial charge in [0, 0.05) is 10.6 Å². The van der Waals surface area contributed by atoms with Gasteiger partial charge in [0.15, 0.2) is 4.77 Å². The second-order valence-corrected chi connectivity index (χ2v) is 7.27. The van der Waals surface area contributed by atoms with E-state index in [2.05, 4.69) is 15.0 Å². The third kappa shape index (κ3) is 3.99. The first-order valence-corrected chi connectivity index (χ1v) is 9.39. The number of hydrogen-bond acceptors (Lipinski definition) is 6. The Bertz CT molecular complexity index is 1130. The quantitative estimate of drug-likeness (QED) is 0.504. The number of ether oxygens (including phenoxy) is 1. The summed E-state index contributed by atoms with van der Waals surface area (Å²) >= 11 is 6.72. The molecule has 1 aromatic carbocycles. The number of benzene rings is 1. The summed E-state index contributed by atoms with van der Waals surface area (Å²) in [5, 5.41) is 3.21. The molecule has 3 aromatic rings. The summed E-state index contributed by atoms with van der Waals surface area (Å²) in [6, 6.07) is 8.09. The lowest BCUT2D eigenvalue weighted by molar-refractivity contribution is -0.116. The van der Waals surface area contributed by atoms with Crippen molar-refractivity contribution in [3.05, 3.63) is 55.9 Å². The van der Waals surface area contributed by atoms with Crippen molar-refractivity contribution in [3.8, 4) is 0 Å². The molecule has 2 aromatic heterocycles. The predicted molar refractivity (Wildman–Crippen MR) is 107 cm³/mol. The minimum Gasteiger partial charge on any atom is -0.465 e. The number of aromatic amines is 1. The van der Waals surface area contributed by atoms with Crippen LogP contribution in [0.2, 0.25) is 0 Å². The van der Waals surface area contributed by atoms with Crippen molar-refractivity contribution in [2.24, 2.45) is 0 Å². The van der Waals surface area contributed by atoms with Crippen molar-refractivity contribution >= 4 is 51.3 Å².